The Kier molecular flexibility index (Phi) is 4.51. The average molecular weight is 182 g/mol. The summed E-state index contributed by atoms with van der Waals surface area (Å²) < 4.78 is 0. The van der Waals surface area contributed by atoms with Crippen molar-refractivity contribution in [1.82, 2.24) is 0 Å². The van der Waals surface area contributed by atoms with Crippen LogP contribution >= 0.6 is 0 Å². The molecule has 76 valence electrons. The third kappa shape index (κ3) is 3.51. The van der Waals surface area contributed by atoms with E-state index in [1.54, 1.807) is 0 Å². The van der Waals surface area contributed by atoms with Crippen LogP contribution in [0, 0.1) is 11.8 Å². The molecule has 13 heavy (non-hydrogen) atoms. The molecule has 1 saturated carbocycles. The predicted molar refractivity (Wildman–Crippen MR) is 56.6 cm³/mol. The molecule has 0 radical (unpaired) electrons. The number of allylic oxidation sites excluding steroid dienone is 1. The fourth-order valence-corrected chi connectivity index (χ4v) is 2.35. The van der Waals surface area contributed by atoms with Crippen LogP contribution < -0.4 is 0 Å². The van der Waals surface area contributed by atoms with E-state index in [0.717, 1.165) is 18.8 Å². The molecule has 1 N–H and O–H groups in total. The number of hydrogen-bond donors (Lipinski definition) is 1. The minimum atomic E-state index is -0.0826. The molecular formula is C12H22O. The lowest BCUT2D eigenvalue weighted by atomic mass is 9.78. The normalized spacial score (nSPS) is 31.2. The minimum Gasteiger partial charge on any atom is -0.393 e. The first kappa shape index (κ1) is 10.8. The van der Waals surface area contributed by atoms with Gasteiger partial charge in [-0.1, -0.05) is 25.8 Å². The van der Waals surface area contributed by atoms with Crippen molar-refractivity contribution in [2.24, 2.45) is 11.8 Å². The first-order valence-electron chi connectivity index (χ1n) is 5.53. The largest absolute Gasteiger partial charge is 0.393 e. The van der Waals surface area contributed by atoms with Crippen molar-refractivity contribution >= 4 is 0 Å². The maximum Gasteiger partial charge on any atom is 0.0571 e. The molecule has 0 aromatic heterocycles. The van der Waals surface area contributed by atoms with Gasteiger partial charge in [0.05, 0.1) is 6.10 Å². The number of aliphatic hydroxyl groups excluding tert-OH is 1. The van der Waals surface area contributed by atoms with Gasteiger partial charge in [-0.2, -0.15) is 0 Å². The van der Waals surface area contributed by atoms with Gasteiger partial charge in [0.1, 0.15) is 0 Å². The Hall–Kier alpha value is -0.300. The lowest BCUT2D eigenvalue weighted by Crippen LogP contribution is -2.25. The summed E-state index contributed by atoms with van der Waals surface area (Å²) in [6.07, 6.45) is 8.77. The molecule has 1 heteroatoms. The van der Waals surface area contributed by atoms with Gasteiger partial charge in [-0.25, -0.2) is 0 Å². The van der Waals surface area contributed by atoms with E-state index in [1.165, 1.54) is 25.7 Å². The van der Waals surface area contributed by atoms with E-state index >= 15 is 0 Å². The summed E-state index contributed by atoms with van der Waals surface area (Å²) >= 11 is 0. The van der Waals surface area contributed by atoms with Gasteiger partial charge in [0.25, 0.3) is 0 Å². The molecule has 0 saturated heterocycles. The predicted octanol–water partition coefficient (Wildman–Crippen LogP) is 3.14. The lowest BCUT2D eigenvalue weighted by molar-refractivity contribution is 0.0657. The van der Waals surface area contributed by atoms with Crippen LogP contribution in [0.3, 0.4) is 0 Å². The van der Waals surface area contributed by atoms with Crippen molar-refractivity contribution in [3.63, 3.8) is 0 Å². The molecule has 3 unspecified atom stereocenters. The number of aliphatic hydroxyl groups is 1. The quantitative estimate of drug-likeness (QED) is 0.662. The van der Waals surface area contributed by atoms with Crippen LogP contribution in [0.25, 0.3) is 0 Å². The maximum atomic E-state index is 9.88. The van der Waals surface area contributed by atoms with E-state index in [0.29, 0.717) is 5.92 Å². The van der Waals surface area contributed by atoms with Gasteiger partial charge in [-0.05, 0) is 37.5 Å². The average Bonchev–Trinajstić information content (AvgIpc) is 2.14. The van der Waals surface area contributed by atoms with Gasteiger partial charge in [0, 0.05) is 0 Å². The molecular weight excluding hydrogens is 160 g/mol. The topological polar surface area (TPSA) is 20.2 Å². The molecule has 0 aromatic carbocycles. The SMILES string of the molecule is C=CCCC(O)C1CCCC(C)C1. The summed E-state index contributed by atoms with van der Waals surface area (Å²) in [5.74, 6) is 1.38. The molecule has 1 aliphatic rings. The standard InChI is InChI=1S/C12H22O/c1-3-4-8-12(13)11-7-5-6-10(2)9-11/h3,10-13H,1,4-9H2,2H3. The van der Waals surface area contributed by atoms with Crippen molar-refractivity contribution in [3.8, 4) is 0 Å². The summed E-state index contributed by atoms with van der Waals surface area (Å²) in [5, 5.41) is 9.88. The maximum absolute atomic E-state index is 9.88. The third-order valence-electron chi connectivity index (χ3n) is 3.19. The van der Waals surface area contributed by atoms with E-state index in [2.05, 4.69) is 13.5 Å². The summed E-state index contributed by atoms with van der Waals surface area (Å²) in [6.45, 7) is 5.98. The monoisotopic (exact) mass is 182 g/mol. The summed E-state index contributed by atoms with van der Waals surface area (Å²) in [5.41, 5.74) is 0. The molecule has 0 amide bonds. The van der Waals surface area contributed by atoms with Crippen LogP contribution in [0.1, 0.15) is 45.4 Å². The number of hydrogen-bond acceptors (Lipinski definition) is 1. The molecule has 0 bridgehead atoms. The highest BCUT2D eigenvalue weighted by Gasteiger charge is 2.24. The Morgan fingerprint density at radius 1 is 1.54 bits per heavy atom. The zero-order valence-corrected chi connectivity index (χ0v) is 8.71. The van der Waals surface area contributed by atoms with E-state index < -0.39 is 0 Å². The summed E-state index contributed by atoms with van der Waals surface area (Å²) in [7, 11) is 0. The van der Waals surface area contributed by atoms with Crippen molar-refractivity contribution in [2.75, 3.05) is 0 Å². The smallest absolute Gasteiger partial charge is 0.0571 e. The molecule has 0 aliphatic heterocycles. The van der Waals surface area contributed by atoms with Crippen LogP contribution in [0.15, 0.2) is 12.7 Å². The lowest BCUT2D eigenvalue weighted by Gasteiger charge is -2.30. The van der Waals surface area contributed by atoms with E-state index in [9.17, 15) is 5.11 Å². The van der Waals surface area contributed by atoms with Gasteiger partial charge in [0.15, 0.2) is 0 Å². The Morgan fingerprint density at radius 2 is 2.31 bits per heavy atom. The third-order valence-corrected chi connectivity index (χ3v) is 3.19. The molecule has 0 spiro atoms. The van der Waals surface area contributed by atoms with Crippen LogP contribution in [0.2, 0.25) is 0 Å². The highest BCUT2D eigenvalue weighted by molar-refractivity contribution is 4.78. The van der Waals surface area contributed by atoms with Crippen molar-refractivity contribution in [2.45, 2.75) is 51.6 Å². The first-order valence-corrected chi connectivity index (χ1v) is 5.53. The zero-order chi connectivity index (χ0) is 9.68. The second-order valence-corrected chi connectivity index (χ2v) is 4.47. The minimum absolute atomic E-state index is 0.0826. The molecule has 0 aromatic rings. The van der Waals surface area contributed by atoms with Crippen molar-refractivity contribution < 1.29 is 5.11 Å². The van der Waals surface area contributed by atoms with Crippen LogP contribution in [0.4, 0.5) is 0 Å². The second kappa shape index (κ2) is 5.43. The highest BCUT2D eigenvalue weighted by Crippen LogP contribution is 2.31. The van der Waals surface area contributed by atoms with Crippen LogP contribution in [-0.4, -0.2) is 11.2 Å². The fraction of sp³-hybridized carbons (Fsp3) is 0.833. The molecule has 0 heterocycles. The van der Waals surface area contributed by atoms with Crippen molar-refractivity contribution in [3.05, 3.63) is 12.7 Å². The van der Waals surface area contributed by atoms with Gasteiger partial charge in [-0.3, -0.25) is 0 Å². The van der Waals surface area contributed by atoms with Gasteiger partial charge in [0.2, 0.25) is 0 Å². The van der Waals surface area contributed by atoms with Gasteiger partial charge < -0.3 is 5.11 Å². The Balaban J connectivity index is 2.27. The Labute approximate surface area is 81.9 Å². The fourth-order valence-electron chi connectivity index (χ4n) is 2.35. The molecule has 3 atom stereocenters. The molecule has 1 nitrogen and oxygen atoms in total. The van der Waals surface area contributed by atoms with Gasteiger partial charge in [-0.15, -0.1) is 6.58 Å². The van der Waals surface area contributed by atoms with Crippen LogP contribution in [-0.2, 0) is 0 Å². The van der Waals surface area contributed by atoms with Crippen molar-refractivity contribution in [1.29, 1.82) is 0 Å². The highest BCUT2D eigenvalue weighted by atomic mass is 16.3. The number of rotatable bonds is 4. The first-order chi connectivity index (χ1) is 6.24. The zero-order valence-electron chi connectivity index (χ0n) is 8.71. The Bertz CT molecular complexity index is 153. The second-order valence-electron chi connectivity index (χ2n) is 4.47. The molecule has 1 aliphatic carbocycles. The summed E-state index contributed by atoms with van der Waals surface area (Å²) in [4.78, 5) is 0. The van der Waals surface area contributed by atoms with E-state index in [1.807, 2.05) is 6.08 Å². The van der Waals surface area contributed by atoms with Crippen LogP contribution in [0.5, 0.6) is 0 Å². The molecule has 1 rings (SSSR count). The van der Waals surface area contributed by atoms with Gasteiger partial charge >= 0.3 is 0 Å². The molecule has 1 fully saturated rings. The van der Waals surface area contributed by atoms with E-state index in [-0.39, 0.29) is 6.10 Å². The Morgan fingerprint density at radius 3 is 2.92 bits per heavy atom. The van der Waals surface area contributed by atoms with E-state index in [4.69, 9.17) is 0 Å². The summed E-state index contributed by atoms with van der Waals surface area (Å²) in [6, 6.07) is 0.